The Morgan fingerprint density at radius 1 is 1.13 bits per heavy atom. The van der Waals surface area contributed by atoms with Crippen LogP contribution in [0.3, 0.4) is 0 Å². The maximum absolute atomic E-state index is 15.4. The van der Waals surface area contributed by atoms with Crippen LogP contribution in [0.15, 0.2) is 48.5 Å². The van der Waals surface area contributed by atoms with Gasteiger partial charge in [-0.05, 0) is 24.6 Å². The Kier molecular flexibility index (Phi) is 7.15. The van der Waals surface area contributed by atoms with E-state index in [0.717, 1.165) is 4.88 Å². The highest BCUT2D eigenvalue weighted by atomic mass is 35.5. The van der Waals surface area contributed by atoms with Gasteiger partial charge in [0.05, 0.1) is 22.8 Å². The topological polar surface area (TPSA) is 72.3 Å². The zero-order valence-electron chi connectivity index (χ0n) is 20.7. The summed E-state index contributed by atoms with van der Waals surface area (Å²) in [6.45, 7) is 2.83. The molecule has 5 rings (SSSR count). The molecule has 3 heterocycles. The molecule has 0 aliphatic carbocycles. The Morgan fingerprint density at radius 3 is 2.61 bits per heavy atom. The summed E-state index contributed by atoms with van der Waals surface area (Å²) in [5.41, 5.74) is 1.83. The van der Waals surface area contributed by atoms with Gasteiger partial charge in [-0.25, -0.2) is 8.78 Å². The number of aromatic nitrogens is 2. The van der Waals surface area contributed by atoms with Gasteiger partial charge >= 0.3 is 0 Å². The minimum Gasteiger partial charge on any atom is -0.328 e. The van der Waals surface area contributed by atoms with E-state index < -0.39 is 29.7 Å². The first-order valence-corrected chi connectivity index (χ1v) is 13.3. The number of carbonyl (C=O) groups excluding carboxylic acids is 3. The maximum Gasteiger partial charge on any atom is 0.245 e. The van der Waals surface area contributed by atoms with Crippen LogP contribution >= 0.6 is 22.9 Å². The second-order valence-electron chi connectivity index (χ2n) is 9.43. The first-order chi connectivity index (χ1) is 18.1. The number of ketones is 2. The molecule has 10 heteroatoms. The summed E-state index contributed by atoms with van der Waals surface area (Å²) in [4.78, 5) is 40.8. The number of fused-ring (bicyclic) bond motifs is 1. The predicted octanol–water partition coefficient (Wildman–Crippen LogP) is 5.82. The Labute approximate surface area is 226 Å². The van der Waals surface area contributed by atoms with Gasteiger partial charge in [0.1, 0.15) is 24.2 Å². The third-order valence-electron chi connectivity index (χ3n) is 6.72. The lowest BCUT2D eigenvalue weighted by molar-refractivity contribution is -0.138. The summed E-state index contributed by atoms with van der Waals surface area (Å²) in [5.74, 6) is -1.74. The summed E-state index contributed by atoms with van der Waals surface area (Å²) >= 11 is 7.65. The number of hydrogen-bond acceptors (Lipinski definition) is 5. The SMILES string of the molecule is CC(=O)c1nn(CC(=O)N2C[C@H](F)C[C@H]2C(=O)Cc2cccc(-c3ccccc3Cl)c2F)c2cc(C)sc12. The molecular weight excluding hydrogens is 532 g/mol. The fourth-order valence-corrected chi connectivity index (χ4v) is 6.21. The standard InChI is InChI=1S/C28H24ClF2N3O3S/c1-15-10-23-28(38-15)27(16(2)35)32-34(23)14-25(37)33-13-18(30)12-22(33)24(36)11-17-6-5-8-20(26(17)31)19-7-3-4-9-21(19)29/h3-10,18,22H,11-14H2,1-2H3/t18-,22+/m1/s1. The van der Waals surface area contributed by atoms with Gasteiger partial charge in [-0.3, -0.25) is 19.1 Å². The van der Waals surface area contributed by atoms with Crippen molar-refractivity contribution in [3.63, 3.8) is 0 Å². The maximum atomic E-state index is 15.4. The zero-order valence-corrected chi connectivity index (χ0v) is 22.3. The fourth-order valence-electron chi connectivity index (χ4n) is 4.93. The van der Waals surface area contributed by atoms with Crippen molar-refractivity contribution in [2.75, 3.05) is 6.54 Å². The van der Waals surface area contributed by atoms with Gasteiger partial charge in [-0.1, -0.05) is 48.0 Å². The van der Waals surface area contributed by atoms with Crippen LogP contribution in [0.2, 0.25) is 5.02 Å². The van der Waals surface area contributed by atoms with E-state index in [-0.39, 0.29) is 48.5 Å². The molecule has 2 atom stereocenters. The van der Waals surface area contributed by atoms with E-state index in [0.29, 0.717) is 20.8 Å². The smallest absolute Gasteiger partial charge is 0.245 e. The van der Waals surface area contributed by atoms with Crippen molar-refractivity contribution >= 4 is 50.6 Å². The van der Waals surface area contributed by atoms with Gasteiger partial charge in [-0.15, -0.1) is 11.3 Å². The van der Waals surface area contributed by atoms with Crippen LogP contribution < -0.4 is 0 Å². The van der Waals surface area contributed by atoms with E-state index in [1.165, 1.54) is 33.9 Å². The highest BCUT2D eigenvalue weighted by molar-refractivity contribution is 7.19. The number of nitrogens with zero attached hydrogens (tertiary/aromatic N) is 3. The molecule has 196 valence electrons. The largest absolute Gasteiger partial charge is 0.328 e. The lowest BCUT2D eigenvalue weighted by atomic mass is 9.97. The van der Waals surface area contributed by atoms with E-state index >= 15 is 4.39 Å². The first-order valence-electron chi connectivity index (χ1n) is 12.1. The number of alkyl halides is 1. The summed E-state index contributed by atoms with van der Waals surface area (Å²) in [6, 6.07) is 12.4. The number of hydrogen-bond donors (Lipinski definition) is 0. The van der Waals surface area contributed by atoms with Gasteiger partial charge in [0.25, 0.3) is 0 Å². The quantitative estimate of drug-likeness (QED) is 0.269. The number of rotatable bonds is 7. The molecule has 38 heavy (non-hydrogen) atoms. The van der Waals surface area contributed by atoms with Crippen molar-refractivity contribution in [3.05, 3.63) is 75.5 Å². The first kappa shape index (κ1) is 26.2. The third kappa shape index (κ3) is 4.88. The fraction of sp³-hybridized carbons (Fsp3) is 0.286. The van der Waals surface area contributed by atoms with Crippen LogP contribution in [0, 0.1) is 12.7 Å². The van der Waals surface area contributed by atoms with Gasteiger partial charge in [-0.2, -0.15) is 5.10 Å². The summed E-state index contributed by atoms with van der Waals surface area (Å²) in [5, 5.41) is 4.69. The number of benzene rings is 2. The van der Waals surface area contributed by atoms with E-state index in [1.54, 1.807) is 36.4 Å². The molecule has 1 amide bonds. The van der Waals surface area contributed by atoms with Gasteiger partial charge in [0.15, 0.2) is 11.6 Å². The number of thiophene rings is 1. The number of Topliss-reactive ketones (excluding diaryl/α,β-unsaturated/α-hetero) is 2. The summed E-state index contributed by atoms with van der Waals surface area (Å²) in [6.07, 6.45) is -1.82. The van der Waals surface area contributed by atoms with Crippen molar-refractivity contribution < 1.29 is 23.2 Å². The van der Waals surface area contributed by atoms with Crippen LogP contribution in [0.1, 0.15) is 34.3 Å². The number of aryl methyl sites for hydroxylation is 1. The Morgan fingerprint density at radius 2 is 1.87 bits per heavy atom. The molecule has 0 radical (unpaired) electrons. The van der Waals surface area contributed by atoms with E-state index in [4.69, 9.17) is 11.6 Å². The van der Waals surface area contributed by atoms with Crippen molar-refractivity contribution in [2.45, 2.75) is 45.4 Å². The third-order valence-corrected chi connectivity index (χ3v) is 8.09. The average Bonchev–Trinajstić information content (AvgIpc) is 3.54. The Bertz CT molecular complexity index is 1580. The number of halogens is 3. The van der Waals surface area contributed by atoms with Gasteiger partial charge in [0, 0.05) is 40.8 Å². The molecule has 2 aromatic heterocycles. The highest BCUT2D eigenvalue weighted by Gasteiger charge is 2.40. The molecule has 1 aliphatic heterocycles. The summed E-state index contributed by atoms with van der Waals surface area (Å²) < 4.78 is 32.0. The molecular formula is C28H24ClF2N3O3S. The Balaban J connectivity index is 1.37. The molecule has 1 fully saturated rings. The molecule has 0 N–H and O–H groups in total. The van der Waals surface area contributed by atoms with Gasteiger partial charge in [0.2, 0.25) is 5.91 Å². The monoisotopic (exact) mass is 555 g/mol. The molecule has 2 aromatic carbocycles. The molecule has 0 bridgehead atoms. The zero-order chi connectivity index (χ0) is 27.1. The second kappa shape index (κ2) is 10.4. The molecule has 6 nitrogen and oxygen atoms in total. The Hall–Kier alpha value is -3.43. The molecule has 1 aliphatic rings. The minimum absolute atomic E-state index is 0.149. The number of likely N-dealkylation sites (tertiary alicyclic amines) is 1. The van der Waals surface area contributed by atoms with Crippen molar-refractivity contribution in [2.24, 2.45) is 0 Å². The highest BCUT2D eigenvalue weighted by Crippen LogP contribution is 2.32. The van der Waals surface area contributed by atoms with E-state index in [9.17, 15) is 18.8 Å². The van der Waals surface area contributed by atoms with E-state index in [2.05, 4.69) is 5.10 Å². The predicted molar refractivity (Wildman–Crippen MR) is 143 cm³/mol. The molecule has 0 unspecified atom stereocenters. The molecule has 0 spiro atoms. The van der Waals surface area contributed by atoms with Crippen LogP contribution in [0.4, 0.5) is 8.78 Å². The molecule has 0 saturated carbocycles. The van der Waals surface area contributed by atoms with Crippen molar-refractivity contribution in [1.29, 1.82) is 0 Å². The minimum atomic E-state index is -1.37. The lowest BCUT2D eigenvalue weighted by Crippen LogP contribution is -2.43. The van der Waals surface area contributed by atoms with Gasteiger partial charge < -0.3 is 4.90 Å². The van der Waals surface area contributed by atoms with Crippen molar-refractivity contribution in [3.8, 4) is 11.1 Å². The van der Waals surface area contributed by atoms with Crippen LogP contribution in [-0.2, 0) is 22.6 Å². The number of amides is 1. The lowest BCUT2D eigenvalue weighted by Gasteiger charge is -2.23. The molecule has 1 saturated heterocycles. The van der Waals surface area contributed by atoms with Crippen LogP contribution in [0.5, 0.6) is 0 Å². The summed E-state index contributed by atoms with van der Waals surface area (Å²) in [7, 11) is 0. The molecule has 4 aromatic rings. The normalized spacial score (nSPS) is 17.3. The number of carbonyl (C=O) groups is 3. The van der Waals surface area contributed by atoms with Crippen molar-refractivity contribution in [1.82, 2.24) is 14.7 Å². The second-order valence-corrected chi connectivity index (χ2v) is 11.1. The average molecular weight is 556 g/mol. The van der Waals surface area contributed by atoms with E-state index in [1.807, 2.05) is 13.0 Å². The van der Waals surface area contributed by atoms with Crippen LogP contribution in [0.25, 0.3) is 21.3 Å². The van der Waals surface area contributed by atoms with Crippen LogP contribution in [-0.4, -0.2) is 50.9 Å².